The number of hydrogen-bond acceptors (Lipinski definition) is 1. The summed E-state index contributed by atoms with van der Waals surface area (Å²) in [7, 11) is 0. The highest BCUT2D eigenvalue weighted by Gasteiger charge is 2.09. The standard InChI is InChI=1S/C21H21NO/c1-14-10-15(2)21(16(3)11-14)22-20(23)13-17-8-9-18-6-4-5-7-19(18)12-17/h4-12H,13H2,1-3H3,(H,22,23). The third-order valence-electron chi connectivity index (χ3n) is 4.12. The van der Waals surface area contributed by atoms with Crippen molar-refractivity contribution in [3.8, 4) is 0 Å². The minimum Gasteiger partial charge on any atom is -0.325 e. The number of anilines is 1. The fourth-order valence-electron chi connectivity index (χ4n) is 3.09. The third kappa shape index (κ3) is 3.42. The van der Waals surface area contributed by atoms with Gasteiger partial charge in [-0.05, 0) is 48.2 Å². The van der Waals surface area contributed by atoms with E-state index in [0.29, 0.717) is 6.42 Å². The zero-order valence-electron chi connectivity index (χ0n) is 13.8. The Morgan fingerprint density at radius 1 is 0.870 bits per heavy atom. The summed E-state index contributed by atoms with van der Waals surface area (Å²) in [4.78, 5) is 12.4. The Hall–Kier alpha value is -2.61. The molecule has 0 bridgehead atoms. The monoisotopic (exact) mass is 303 g/mol. The van der Waals surface area contributed by atoms with Gasteiger partial charge < -0.3 is 5.32 Å². The topological polar surface area (TPSA) is 29.1 Å². The molecule has 0 spiro atoms. The van der Waals surface area contributed by atoms with Gasteiger partial charge in [0.25, 0.3) is 0 Å². The molecule has 0 saturated heterocycles. The SMILES string of the molecule is Cc1cc(C)c(NC(=O)Cc2ccc3ccccc3c2)c(C)c1. The first-order valence-electron chi connectivity index (χ1n) is 7.88. The quantitative estimate of drug-likeness (QED) is 0.729. The molecule has 2 nitrogen and oxygen atoms in total. The van der Waals surface area contributed by atoms with Crippen molar-refractivity contribution >= 4 is 22.4 Å². The van der Waals surface area contributed by atoms with Gasteiger partial charge in [0.2, 0.25) is 5.91 Å². The zero-order valence-corrected chi connectivity index (χ0v) is 13.8. The van der Waals surface area contributed by atoms with Gasteiger partial charge in [0.1, 0.15) is 0 Å². The molecule has 1 N–H and O–H groups in total. The molecule has 0 aliphatic rings. The van der Waals surface area contributed by atoms with Crippen molar-refractivity contribution in [2.24, 2.45) is 0 Å². The van der Waals surface area contributed by atoms with Gasteiger partial charge in [-0.2, -0.15) is 0 Å². The predicted octanol–water partition coefficient (Wildman–Crippen LogP) is 4.95. The van der Waals surface area contributed by atoms with Crippen LogP contribution >= 0.6 is 0 Å². The highest BCUT2D eigenvalue weighted by Crippen LogP contribution is 2.22. The van der Waals surface area contributed by atoms with Gasteiger partial charge >= 0.3 is 0 Å². The number of rotatable bonds is 3. The summed E-state index contributed by atoms with van der Waals surface area (Å²) in [6.07, 6.45) is 0.386. The van der Waals surface area contributed by atoms with Crippen molar-refractivity contribution in [3.63, 3.8) is 0 Å². The minimum absolute atomic E-state index is 0.0235. The number of amides is 1. The van der Waals surface area contributed by atoms with Gasteiger partial charge in [0, 0.05) is 5.69 Å². The second kappa shape index (κ2) is 6.25. The molecule has 3 aromatic rings. The summed E-state index contributed by atoms with van der Waals surface area (Å²) in [5, 5.41) is 5.43. The molecule has 1 amide bonds. The average molecular weight is 303 g/mol. The number of benzene rings is 3. The van der Waals surface area contributed by atoms with Gasteiger partial charge in [-0.25, -0.2) is 0 Å². The predicted molar refractivity (Wildman–Crippen MR) is 96.9 cm³/mol. The minimum atomic E-state index is 0.0235. The van der Waals surface area contributed by atoms with Gasteiger partial charge in [-0.15, -0.1) is 0 Å². The Labute approximate surface area is 137 Å². The first-order valence-corrected chi connectivity index (χ1v) is 7.88. The number of carbonyl (C=O) groups excluding carboxylic acids is 1. The molecule has 0 radical (unpaired) electrons. The van der Waals surface area contributed by atoms with Crippen LogP contribution in [0.25, 0.3) is 10.8 Å². The molecule has 0 saturated carbocycles. The van der Waals surface area contributed by atoms with Crippen molar-refractivity contribution in [2.75, 3.05) is 5.32 Å². The molecule has 3 rings (SSSR count). The number of carbonyl (C=O) groups is 1. The Morgan fingerprint density at radius 2 is 1.52 bits per heavy atom. The smallest absolute Gasteiger partial charge is 0.228 e. The Bertz CT molecular complexity index is 857. The molecular weight excluding hydrogens is 282 g/mol. The lowest BCUT2D eigenvalue weighted by Crippen LogP contribution is -2.16. The van der Waals surface area contributed by atoms with E-state index in [1.807, 2.05) is 32.0 Å². The number of nitrogens with one attached hydrogen (secondary N) is 1. The summed E-state index contributed by atoms with van der Waals surface area (Å²) in [6, 6.07) is 18.6. The molecule has 0 aliphatic carbocycles. The molecule has 0 fully saturated rings. The normalized spacial score (nSPS) is 10.7. The van der Waals surface area contributed by atoms with Crippen LogP contribution in [-0.2, 0) is 11.2 Å². The third-order valence-corrected chi connectivity index (χ3v) is 4.12. The van der Waals surface area contributed by atoms with Gasteiger partial charge in [-0.3, -0.25) is 4.79 Å². The van der Waals surface area contributed by atoms with E-state index in [9.17, 15) is 4.79 Å². The van der Waals surface area contributed by atoms with Crippen LogP contribution in [0.5, 0.6) is 0 Å². The van der Waals surface area contributed by atoms with Crippen LogP contribution in [0.15, 0.2) is 54.6 Å². The van der Waals surface area contributed by atoms with E-state index in [0.717, 1.165) is 22.4 Å². The second-order valence-electron chi connectivity index (χ2n) is 6.18. The summed E-state index contributed by atoms with van der Waals surface area (Å²) in [5.74, 6) is 0.0235. The number of hydrogen-bond donors (Lipinski definition) is 1. The van der Waals surface area contributed by atoms with E-state index in [1.165, 1.54) is 16.3 Å². The summed E-state index contributed by atoms with van der Waals surface area (Å²) >= 11 is 0. The van der Waals surface area contributed by atoms with E-state index in [1.54, 1.807) is 0 Å². The molecule has 0 atom stereocenters. The zero-order chi connectivity index (χ0) is 16.4. The van der Waals surface area contributed by atoms with Crippen LogP contribution in [0.3, 0.4) is 0 Å². The van der Waals surface area contributed by atoms with Crippen molar-refractivity contribution in [1.82, 2.24) is 0 Å². The first kappa shape index (κ1) is 15.3. The van der Waals surface area contributed by atoms with Crippen LogP contribution in [0.2, 0.25) is 0 Å². The fourth-order valence-corrected chi connectivity index (χ4v) is 3.09. The highest BCUT2D eigenvalue weighted by atomic mass is 16.1. The molecule has 0 heterocycles. The largest absolute Gasteiger partial charge is 0.325 e. The average Bonchev–Trinajstić information content (AvgIpc) is 2.51. The van der Waals surface area contributed by atoms with Gasteiger partial charge in [-0.1, -0.05) is 60.2 Å². The first-order chi connectivity index (χ1) is 11.0. The summed E-state index contributed by atoms with van der Waals surface area (Å²) in [6.45, 7) is 6.14. The van der Waals surface area contributed by atoms with Crippen LogP contribution in [0.1, 0.15) is 22.3 Å². The molecule has 0 aromatic heterocycles. The fraction of sp³-hybridized carbons (Fsp3) is 0.190. The van der Waals surface area contributed by atoms with E-state index in [-0.39, 0.29) is 5.91 Å². The lowest BCUT2D eigenvalue weighted by molar-refractivity contribution is -0.115. The van der Waals surface area contributed by atoms with Crippen molar-refractivity contribution < 1.29 is 4.79 Å². The van der Waals surface area contributed by atoms with Crippen LogP contribution in [-0.4, -0.2) is 5.91 Å². The molecule has 0 aliphatic heterocycles. The van der Waals surface area contributed by atoms with Gasteiger partial charge in [0.15, 0.2) is 0 Å². The van der Waals surface area contributed by atoms with Crippen molar-refractivity contribution in [2.45, 2.75) is 27.2 Å². The van der Waals surface area contributed by atoms with Crippen LogP contribution in [0.4, 0.5) is 5.69 Å². The highest BCUT2D eigenvalue weighted by molar-refractivity contribution is 5.94. The Balaban J connectivity index is 1.78. The number of fused-ring (bicyclic) bond motifs is 1. The molecule has 3 aromatic carbocycles. The second-order valence-corrected chi connectivity index (χ2v) is 6.18. The molecule has 0 unspecified atom stereocenters. The van der Waals surface area contributed by atoms with Crippen LogP contribution in [0, 0.1) is 20.8 Å². The maximum Gasteiger partial charge on any atom is 0.228 e. The Morgan fingerprint density at radius 3 is 2.22 bits per heavy atom. The van der Waals surface area contributed by atoms with Gasteiger partial charge in [0.05, 0.1) is 6.42 Å². The summed E-state index contributed by atoms with van der Waals surface area (Å²) in [5.41, 5.74) is 5.39. The lowest BCUT2D eigenvalue weighted by Gasteiger charge is -2.13. The van der Waals surface area contributed by atoms with E-state index < -0.39 is 0 Å². The van der Waals surface area contributed by atoms with Crippen molar-refractivity contribution in [3.05, 3.63) is 76.9 Å². The molecule has 116 valence electrons. The maximum absolute atomic E-state index is 12.4. The van der Waals surface area contributed by atoms with E-state index >= 15 is 0 Å². The Kier molecular flexibility index (Phi) is 4.16. The van der Waals surface area contributed by atoms with E-state index in [4.69, 9.17) is 0 Å². The molecule has 23 heavy (non-hydrogen) atoms. The molecular formula is C21H21NO. The lowest BCUT2D eigenvalue weighted by atomic mass is 10.0. The maximum atomic E-state index is 12.4. The molecule has 2 heteroatoms. The van der Waals surface area contributed by atoms with Crippen LogP contribution < -0.4 is 5.32 Å². The summed E-state index contributed by atoms with van der Waals surface area (Å²) < 4.78 is 0. The van der Waals surface area contributed by atoms with Crippen molar-refractivity contribution in [1.29, 1.82) is 0 Å². The number of aryl methyl sites for hydroxylation is 3. The van der Waals surface area contributed by atoms with E-state index in [2.05, 4.69) is 48.6 Å².